The van der Waals surface area contributed by atoms with Crippen LogP contribution in [-0.4, -0.2) is 53.4 Å². The van der Waals surface area contributed by atoms with Crippen molar-refractivity contribution in [2.45, 2.75) is 25.9 Å². The van der Waals surface area contributed by atoms with Gasteiger partial charge in [0.15, 0.2) is 0 Å². The number of fused-ring (bicyclic) bond motifs is 1. The van der Waals surface area contributed by atoms with Crippen LogP contribution in [0.25, 0.3) is 0 Å². The first-order valence-corrected chi connectivity index (χ1v) is 10.2. The Bertz CT molecular complexity index is 886. The zero-order valence-electron chi connectivity index (χ0n) is 17.0. The molecule has 0 aliphatic carbocycles. The molecule has 6 heteroatoms. The van der Waals surface area contributed by atoms with Gasteiger partial charge < -0.3 is 9.64 Å². The molecule has 0 radical (unpaired) electrons. The summed E-state index contributed by atoms with van der Waals surface area (Å²) >= 11 is 0. The largest absolute Gasteiger partial charge is 0.464 e. The second kappa shape index (κ2) is 8.33. The molecule has 0 unspecified atom stereocenters. The van der Waals surface area contributed by atoms with Gasteiger partial charge in [0.2, 0.25) is 5.91 Å². The number of pyridine rings is 1. The second-order valence-electron chi connectivity index (χ2n) is 7.88. The third-order valence-corrected chi connectivity index (χ3v) is 6.09. The van der Waals surface area contributed by atoms with Crippen LogP contribution in [0.2, 0.25) is 0 Å². The fourth-order valence-corrected chi connectivity index (χ4v) is 4.82. The molecule has 0 bridgehead atoms. The zero-order valence-corrected chi connectivity index (χ0v) is 17.0. The first-order chi connectivity index (χ1) is 14.1. The first-order valence-electron chi connectivity index (χ1n) is 10.2. The molecule has 2 aliphatic rings. The van der Waals surface area contributed by atoms with E-state index in [2.05, 4.69) is 26.9 Å². The van der Waals surface area contributed by atoms with Crippen LogP contribution < -0.4 is 0 Å². The highest BCUT2D eigenvalue weighted by molar-refractivity contribution is 5.87. The Morgan fingerprint density at radius 3 is 2.59 bits per heavy atom. The molecule has 2 aliphatic heterocycles. The van der Waals surface area contributed by atoms with E-state index in [1.807, 2.05) is 37.3 Å². The first kappa shape index (κ1) is 19.6. The topological polar surface area (TPSA) is 62.7 Å². The standard InChI is InChI=1S/C23H27N3O3/c1-3-21(27)26-13-17-12-25(14-18-10-7-11-20(24-18)23(28)29-2)15-19(17)22(26)16-8-5-4-6-9-16/h4-11,17,19,22H,3,12-15H2,1-2H3/t17-,19-,22+/m0/s1. The van der Waals surface area contributed by atoms with Gasteiger partial charge in [0.25, 0.3) is 0 Å². The van der Waals surface area contributed by atoms with Crippen LogP contribution in [0.15, 0.2) is 48.5 Å². The van der Waals surface area contributed by atoms with Crippen LogP contribution in [0.4, 0.5) is 0 Å². The Kier molecular flexibility index (Phi) is 5.62. The van der Waals surface area contributed by atoms with E-state index in [-0.39, 0.29) is 11.9 Å². The van der Waals surface area contributed by atoms with Crippen molar-refractivity contribution in [1.82, 2.24) is 14.8 Å². The Balaban J connectivity index is 1.51. The lowest BCUT2D eigenvalue weighted by atomic mass is 9.89. The molecular weight excluding hydrogens is 366 g/mol. The number of ether oxygens (including phenoxy) is 1. The molecule has 3 atom stereocenters. The summed E-state index contributed by atoms with van der Waals surface area (Å²) in [6, 6.07) is 16.0. The lowest BCUT2D eigenvalue weighted by Crippen LogP contribution is -2.35. The molecule has 4 rings (SSSR count). The number of carbonyl (C=O) groups excluding carboxylic acids is 2. The van der Waals surface area contributed by atoms with Crippen molar-refractivity contribution < 1.29 is 14.3 Å². The Morgan fingerprint density at radius 2 is 1.86 bits per heavy atom. The summed E-state index contributed by atoms with van der Waals surface area (Å²) in [6.07, 6.45) is 0.538. The van der Waals surface area contributed by atoms with E-state index < -0.39 is 5.97 Å². The smallest absolute Gasteiger partial charge is 0.356 e. The average molecular weight is 393 g/mol. The summed E-state index contributed by atoms with van der Waals surface area (Å²) in [5.41, 5.74) is 2.42. The molecule has 152 valence electrons. The second-order valence-corrected chi connectivity index (χ2v) is 7.88. The monoisotopic (exact) mass is 393 g/mol. The summed E-state index contributed by atoms with van der Waals surface area (Å²) in [5.74, 6) is 0.687. The SMILES string of the molecule is CCC(=O)N1C[C@@H]2CN(Cc3cccc(C(=O)OC)n3)C[C@@H]2[C@H]1c1ccccc1. The molecule has 1 aromatic carbocycles. The maximum atomic E-state index is 12.6. The number of aromatic nitrogens is 1. The molecule has 0 spiro atoms. The van der Waals surface area contributed by atoms with E-state index in [1.54, 1.807) is 6.07 Å². The minimum Gasteiger partial charge on any atom is -0.464 e. The molecular formula is C23H27N3O3. The van der Waals surface area contributed by atoms with E-state index in [0.29, 0.717) is 30.5 Å². The highest BCUT2D eigenvalue weighted by Crippen LogP contribution is 2.45. The third-order valence-electron chi connectivity index (χ3n) is 6.09. The molecule has 1 amide bonds. The number of hydrogen-bond donors (Lipinski definition) is 0. The number of rotatable bonds is 5. The van der Waals surface area contributed by atoms with Crippen molar-refractivity contribution in [3.05, 3.63) is 65.5 Å². The van der Waals surface area contributed by atoms with Gasteiger partial charge in [-0.3, -0.25) is 9.69 Å². The molecule has 0 saturated carbocycles. The van der Waals surface area contributed by atoms with Crippen molar-refractivity contribution in [2.24, 2.45) is 11.8 Å². The predicted octanol–water partition coefficient (Wildman–Crippen LogP) is 2.91. The van der Waals surface area contributed by atoms with Gasteiger partial charge in [-0.1, -0.05) is 43.3 Å². The quantitative estimate of drug-likeness (QED) is 0.731. The van der Waals surface area contributed by atoms with E-state index >= 15 is 0 Å². The van der Waals surface area contributed by atoms with Crippen molar-refractivity contribution in [2.75, 3.05) is 26.7 Å². The van der Waals surface area contributed by atoms with Crippen molar-refractivity contribution in [3.63, 3.8) is 0 Å². The van der Waals surface area contributed by atoms with Gasteiger partial charge in [0.1, 0.15) is 5.69 Å². The van der Waals surface area contributed by atoms with Gasteiger partial charge >= 0.3 is 5.97 Å². The van der Waals surface area contributed by atoms with E-state index in [1.165, 1.54) is 12.7 Å². The van der Waals surface area contributed by atoms with Crippen LogP contribution in [0, 0.1) is 11.8 Å². The van der Waals surface area contributed by atoms with Crippen molar-refractivity contribution >= 4 is 11.9 Å². The molecule has 3 heterocycles. The minimum absolute atomic E-state index is 0.132. The predicted molar refractivity (Wildman–Crippen MR) is 109 cm³/mol. The third kappa shape index (κ3) is 3.90. The normalized spacial score (nSPS) is 23.8. The summed E-state index contributed by atoms with van der Waals surface area (Å²) in [5, 5.41) is 0. The fourth-order valence-electron chi connectivity index (χ4n) is 4.82. The summed E-state index contributed by atoms with van der Waals surface area (Å²) < 4.78 is 4.78. The van der Waals surface area contributed by atoms with Crippen LogP contribution in [0.1, 0.15) is 41.1 Å². The molecule has 0 N–H and O–H groups in total. The lowest BCUT2D eigenvalue weighted by molar-refractivity contribution is -0.132. The Hall–Kier alpha value is -2.73. The molecule has 6 nitrogen and oxygen atoms in total. The van der Waals surface area contributed by atoms with Gasteiger partial charge in [-0.25, -0.2) is 9.78 Å². The van der Waals surface area contributed by atoms with Crippen LogP contribution in [-0.2, 0) is 16.1 Å². The maximum Gasteiger partial charge on any atom is 0.356 e. The van der Waals surface area contributed by atoms with Crippen LogP contribution in [0.5, 0.6) is 0 Å². The number of esters is 1. The molecule has 2 saturated heterocycles. The van der Waals surface area contributed by atoms with Gasteiger partial charge in [0.05, 0.1) is 18.8 Å². The molecule has 2 aromatic rings. The van der Waals surface area contributed by atoms with Gasteiger partial charge in [-0.2, -0.15) is 0 Å². The molecule has 29 heavy (non-hydrogen) atoms. The highest BCUT2D eigenvalue weighted by atomic mass is 16.5. The van der Waals surface area contributed by atoms with Crippen molar-refractivity contribution in [1.29, 1.82) is 0 Å². The van der Waals surface area contributed by atoms with E-state index in [9.17, 15) is 9.59 Å². The maximum absolute atomic E-state index is 12.6. The van der Waals surface area contributed by atoms with Gasteiger partial charge in [-0.05, 0) is 23.6 Å². The summed E-state index contributed by atoms with van der Waals surface area (Å²) in [4.78, 5) is 33.3. The van der Waals surface area contributed by atoms with Crippen LogP contribution >= 0.6 is 0 Å². The van der Waals surface area contributed by atoms with Crippen LogP contribution in [0.3, 0.4) is 0 Å². The van der Waals surface area contributed by atoms with E-state index in [4.69, 9.17) is 4.74 Å². The number of methoxy groups -OCH3 is 1. The lowest BCUT2D eigenvalue weighted by Gasteiger charge is -2.29. The Morgan fingerprint density at radius 1 is 1.07 bits per heavy atom. The molecule has 2 fully saturated rings. The van der Waals surface area contributed by atoms with Gasteiger partial charge in [-0.15, -0.1) is 0 Å². The number of carbonyl (C=O) groups is 2. The molecule has 1 aromatic heterocycles. The zero-order chi connectivity index (χ0) is 20.4. The summed E-state index contributed by atoms with van der Waals surface area (Å²) in [7, 11) is 1.37. The van der Waals surface area contributed by atoms with Gasteiger partial charge in [0, 0.05) is 38.5 Å². The average Bonchev–Trinajstić information content (AvgIpc) is 3.30. The summed E-state index contributed by atoms with van der Waals surface area (Å²) in [6.45, 7) is 5.29. The number of benzene rings is 1. The minimum atomic E-state index is -0.414. The highest BCUT2D eigenvalue weighted by Gasteiger charge is 2.48. The van der Waals surface area contributed by atoms with E-state index in [0.717, 1.165) is 25.3 Å². The van der Waals surface area contributed by atoms with Crippen molar-refractivity contribution in [3.8, 4) is 0 Å². The number of nitrogens with zero attached hydrogens (tertiary/aromatic N) is 3. The fraction of sp³-hybridized carbons (Fsp3) is 0.435. The number of amides is 1. The Labute approximate surface area is 171 Å². The number of likely N-dealkylation sites (tertiary alicyclic amines) is 2. The number of hydrogen-bond acceptors (Lipinski definition) is 5.